The Morgan fingerprint density at radius 3 is 2.50 bits per heavy atom. The molecule has 0 aliphatic rings. The van der Waals surface area contributed by atoms with Gasteiger partial charge in [0.15, 0.2) is 0 Å². The molecule has 0 unspecified atom stereocenters. The molecule has 22 heavy (non-hydrogen) atoms. The molecule has 0 atom stereocenters. The number of aryl methyl sites for hydroxylation is 1. The standard InChI is InChI=1S/C19H16N2O/c1-12-19-16(15-5-3-4-6-17(15)21-19)11-18(20-12)13-7-9-14(22-2)10-8-13/h3-11,21H,1-2H3. The maximum atomic E-state index is 5.22. The second kappa shape index (κ2) is 4.88. The van der Waals surface area contributed by atoms with Crippen LogP contribution >= 0.6 is 0 Å². The summed E-state index contributed by atoms with van der Waals surface area (Å²) in [5, 5.41) is 2.45. The summed E-state index contributed by atoms with van der Waals surface area (Å²) < 4.78 is 5.22. The number of benzene rings is 2. The minimum atomic E-state index is 0.855. The van der Waals surface area contributed by atoms with Crippen molar-refractivity contribution >= 4 is 21.8 Å². The third kappa shape index (κ3) is 1.94. The first-order chi connectivity index (χ1) is 10.8. The number of pyridine rings is 1. The zero-order chi connectivity index (χ0) is 15.1. The van der Waals surface area contributed by atoms with Gasteiger partial charge in [-0.1, -0.05) is 18.2 Å². The summed E-state index contributed by atoms with van der Waals surface area (Å²) in [6.45, 7) is 2.05. The Morgan fingerprint density at radius 1 is 0.955 bits per heavy atom. The fourth-order valence-corrected chi connectivity index (χ4v) is 2.91. The van der Waals surface area contributed by atoms with Gasteiger partial charge in [-0.25, -0.2) is 0 Å². The Hall–Kier alpha value is -2.81. The molecule has 2 heterocycles. The van der Waals surface area contributed by atoms with Gasteiger partial charge in [-0.3, -0.25) is 4.98 Å². The molecule has 4 rings (SSSR count). The average Bonchev–Trinajstić information content (AvgIpc) is 2.94. The van der Waals surface area contributed by atoms with Crippen LogP contribution in [0.25, 0.3) is 33.1 Å². The molecule has 0 amide bonds. The molecule has 1 N–H and O–H groups in total. The van der Waals surface area contributed by atoms with Crippen LogP contribution in [-0.4, -0.2) is 17.1 Å². The highest BCUT2D eigenvalue weighted by atomic mass is 16.5. The lowest BCUT2D eigenvalue weighted by Gasteiger charge is -2.05. The number of rotatable bonds is 2. The van der Waals surface area contributed by atoms with Crippen LogP contribution in [0.3, 0.4) is 0 Å². The first-order valence-electron chi connectivity index (χ1n) is 7.29. The highest BCUT2D eigenvalue weighted by Crippen LogP contribution is 2.30. The van der Waals surface area contributed by atoms with Gasteiger partial charge in [-0.2, -0.15) is 0 Å². The second-order valence-electron chi connectivity index (χ2n) is 5.41. The van der Waals surface area contributed by atoms with Crippen LogP contribution in [0.2, 0.25) is 0 Å². The minimum Gasteiger partial charge on any atom is -0.497 e. The van der Waals surface area contributed by atoms with E-state index in [1.165, 1.54) is 10.8 Å². The van der Waals surface area contributed by atoms with Crippen molar-refractivity contribution < 1.29 is 4.74 Å². The first kappa shape index (κ1) is 12.9. The van der Waals surface area contributed by atoms with E-state index in [-0.39, 0.29) is 0 Å². The molecule has 0 saturated heterocycles. The van der Waals surface area contributed by atoms with Crippen LogP contribution in [0.4, 0.5) is 0 Å². The Balaban J connectivity index is 1.96. The maximum absolute atomic E-state index is 5.22. The molecular weight excluding hydrogens is 272 g/mol. The van der Waals surface area contributed by atoms with E-state index < -0.39 is 0 Å². The average molecular weight is 288 g/mol. The normalized spacial score (nSPS) is 11.2. The first-order valence-corrected chi connectivity index (χ1v) is 7.29. The molecule has 0 spiro atoms. The van der Waals surface area contributed by atoms with E-state index in [2.05, 4.69) is 29.2 Å². The summed E-state index contributed by atoms with van der Waals surface area (Å²) in [6, 6.07) is 18.5. The number of nitrogens with one attached hydrogen (secondary N) is 1. The van der Waals surface area contributed by atoms with Gasteiger partial charge in [-0.05, 0) is 43.3 Å². The molecule has 0 radical (unpaired) electrons. The topological polar surface area (TPSA) is 37.9 Å². The third-order valence-electron chi connectivity index (χ3n) is 4.06. The minimum absolute atomic E-state index is 0.855. The van der Waals surface area contributed by atoms with E-state index in [0.717, 1.165) is 33.7 Å². The summed E-state index contributed by atoms with van der Waals surface area (Å²) in [4.78, 5) is 8.21. The van der Waals surface area contributed by atoms with Crippen LogP contribution in [0, 0.1) is 6.92 Å². The van der Waals surface area contributed by atoms with E-state index in [0.29, 0.717) is 0 Å². The van der Waals surface area contributed by atoms with Gasteiger partial charge in [0.2, 0.25) is 0 Å². The highest BCUT2D eigenvalue weighted by molar-refractivity contribution is 6.08. The van der Waals surface area contributed by atoms with Crippen molar-refractivity contribution in [3.8, 4) is 17.0 Å². The van der Waals surface area contributed by atoms with Crippen molar-refractivity contribution in [3.05, 3.63) is 60.3 Å². The smallest absolute Gasteiger partial charge is 0.118 e. The van der Waals surface area contributed by atoms with E-state index in [4.69, 9.17) is 9.72 Å². The number of ether oxygens (including phenoxy) is 1. The molecule has 0 bridgehead atoms. The van der Waals surface area contributed by atoms with Crippen molar-refractivity contribution in [1.29, 1.82) is 0 Å². The largest absolute Gasteiger partial charge is 0.497 e. The lowest BCUT2D eigenvalue weighted by atomic mass is 10.1. The van der Waals surface area contributed by atoms with E-state index >= 15 is 0 Å². The lowest BCUT2D eigenvalue weighted by molar-refractivity contribution is 0.415. The van der Waals surface area contributed by atoms with Crippen LogP contribution in [0.15, 0.2) is 54.6 Å². The number of aromatic nitrogens is 2. The van der Waals surface area contributed by atoms with Gasteiger partial charge >= 0.3 is 0 Å². The van der Waals surface area contributed by atoms with Crippen LogP contribution in [-0.2, 0) is 0 Å². The van der Waals surface area contributed by atoms with Crippen molar-refractivity contribution in [2.24, 2.45) is 0 Å². The van der Waals surface area contributed by atoms with Crippen LogP contribution in [0.5, 0.6) is 5.75 Å². The predicted octanol–water partition coefficient (Wildman–Crippen LogP) is 4.70. The SMILES string of the molecule is COc1ccc(-c2cc3c([nH]c4ccccc43)c(C)n2)cc1. The second-order valence-corrected chi connectivity index (χ2v) is 5.41. The Labute approximate surface area is 128 Å². The van der Waals surface area contributed by atoms with Gasteiger partial charge in [-0.15, -0.1) is 0 Å². The maximum Gasteiger partial charge on any atom is 0.118 e. The van der Waals surface area contributed by atoms with Crippen molar-refractivity contribution in [2.75, 3.05) is 7.11 Å². The molecule has 2 aromatic heterocycles. The van der Waals surface area contributed by atoms with Crippen LogP contribution in [0.1, 0.15) is 5.69 Å². The number of H-pyrrole nitrogens is 1. The number of fused-ring (bicyclic) bond motifs is 3. The number of hydrogen-bond donors (Lipinski definition) is 1. The lowest BCUT2D eigenvalue weighted by Crippen LogP contribution is -1.89. The zero-order valence-electron chi connectivity index (χ0n) is 12.6. The number of nitrogens with zero attached hydrogens (tertiary/aromatic N) is 1. The fourth-order valence-electron chi connectivity index (χ4n) is 2.91. The molecule has 2 aromatic carbocycles. The van der Waals surface area contributed by atoms with Crippen molar-refractivity contribution in [2.45, 2.75) is 6.92 Å². The number of methoxy groups -OCH3 is 1. The Morgan fingerprint density at radius 2 is 1.73 bits per heavy atom. The van der Waals surface area contributed by atoms with Gasteiger partial charge < -0.3 is 9.72 Å². The predicted molar refractivity (Wildman–Crippen MR) is 90.3 cm³/mol. The number of hydrogen-bond acceptors (Lipinski definition) is 2. The van der Waals surface area contributed by atoms with E-state index in [9.17, 15) is 0 Å². The summed E-state index contributed by atoms with van der Waals surface area (Å²) in [5.41, 5.74) is 5.35. The van der Waals surface area contributed by atoms with Crippen molar-refractivity contribution in [1.82, 2.24) is 9.97 Å². The van der Waals surface area contributed by atoms with Gasteiger partial charge in [0.05, 0.1) is 24.0 Å². The molecule has 0 aliphatic carbocycles. The third-order valence-corrected chi connectivity index (χ3v) is 4.06. The number of para-hydroxylation sites is 1. The van der Waals surface area contributed by atoms with Gasteiger partial charge in [0.25, 0.3) is 0 Å². The molecular formula is C19H16N2O. The van der Waals surface area contributed by atoms with Gasteiger partial charge in [0, 0.05) is 21.9 Å². The Bertz CT molecular complexity index is 968. The molecule has 0 aliphatic heterocycles. The molecule has 3 heteroatoms. The monoisotopic (exact) mass is 288 g/mol. The van der Waals surface area contributed by atoms with Gasteiger partial charge in [0.1, 0.15) is 5.75 Å². The highest BCUT2D eigenvalue weighted by Gasteiger charge is 2.10. The van der Waals surface area contributed by atoms with E-state index in [1.807, 2.05) is 37.3 Å². The molecule has 4 aromatic rings. The zero-order valence-corrected chi connectivity index (χ0v) is 12.6. The quantitative estimate of drug-likeness (QED) is 0.580. The summed E-state index contributed by atoms with van der Waals surface area (Å²) in [7, 11) is 1.68. The Kier molecular flexibility index (Phi) is 2.86. The molecule has 108 valence electrons. The number of aromatic amines is 1. The summed E-state index contributed by atoms with van der Waals surface area (Å²) >= 11 is 0. The molecule has 3 nitrogen and oxygen atoms in total. The van der Waals surface area contributed by atoms with Crippen molar-refractivity contribution in [3.63, 3.8) is 0 Å². The molecule has 0 fully saturated rings. The fraction of sp³-hybridized carbons (Fsp3) is 0.105. The van der Waals surface area contributed by atoms with E-state index in [1.54, 1.807) is 7.11 Å². The molecule has 0 saturated carbocycles. The summed E-state index contributed by atoms with van der Waals surface area (Å²) in [6.07, 6.45) is 0. The van der Waals surface area contributed by atoms with Crippen LogP contribution < -0.4 is 4.74 Å². The summed E-state index contributed by atoms with van der Waals surface area (Å²) in [5.74, 6) is 0.855.